The van der Waals surface area contributed by atoms with E-state index in [1.165, 1.54) is 5.56 Å². The van der Waals surface area contributed by atoms with E-state index in [9.17, 15) is 9.59 Å². The van der Waals surface area contributed by atoms with E-state index in [4.69, 9.17) is 5.73 Å². The van der Waals surface area contributed by atoms with Gasteiger partial charge in [-0.05, 0) is 61.4 Å². The molecule has 5 heteroatoms. The average molecular weight is 392 g/mol. The van der Waals surface area contributed by atoms with Gasteiger partial charge in [0.05, 0.1) is 6.42 Å². The third-order valence-corrected chi connectivity index (χ3v) is 6.07. The third-order valence-electron chi connectivity index (χ3n) is 6.07. The van der Waals surface area contributed by atoms with E-state index < -0.39 is 0 Å². The van der Waals surface area contributed by atoms with E-state index in [2.05, 4.69) is 11.4 Å². The Morgan fingerprint density at radius 1 is 1.03 bits per heavy atom. The van der Waals surface area contributed by atoms with Gasteiger partial charge in [-0.3, -0.25) is 9.59 Å². The minimum absolute atomic E-state index is 0.000765. The van der Waals surface area contributed by atoms with E-state index >= 15 is 0 Å². The number of hydrogen-bond donors (Lipinski definition) is 2. The van der Waals surface area contributed by atoms with Gasteiger partial charge in [-0.25, -0.2) is 0 Å². The Morgan fingerprint density at radius 3 is 2.62 bits per heavy atom. The molecular weight excluding hydrogens is 362 g/mol. The van der Waals surface area contributed by atoms with Crippen molar-refractivity contribution in [2.24, 2.45) is 11.7 Å². The van der Waals surface area contributed by atoms with Crippen molar-refractivity contribution in [3.8, 4) is 0 Å². The summed E-state index contributed by atoms with van der Waals surface area (Å²) in [5.41, 5.74) is 10.0. The lowest BCUT2D eigenvalue weighted by atomic mass is 9.85. The number of fused-ring (bicyclic) bond motifs is 1. The van der Waals surface area contributed by atoms with Crippen LogP contribution in [0, 0.1) is 5.92 Å². The van der Waals surface area contributed by atoms with Crippen molar-refractivity contribution in [3.05, 3.63) is 59.7 Å². The zero-order valence-corrected chi connectivity index (χ0v) is 16.8. The van der Waals surface area contributed by atoms with Gasteiger partial charge in [0.25, 0.3) is 0 Å². The Hall–Kier alpha value is -2.66. The molecule has 2 amide bonds. The smallest absolute Gasteiger partial charge is 0.231 e. The van der Waals surface area contributed by atoms with Gasteiger partial charge in [-0.15, -0.1) is 0 Å². The van der Waals surface area contributed by atoms with Crippen molar-refractivity contribution in [1.82, 2.24) is 0 Å². The fourth-order valence-electron chi connectivity index (χ4n) is 4.48. The molecule has 3 N–H and O–H groups in total. The monoisotopic (exact) mass is 391 g/mol. The molecule has 0 saturated heterocycles. The number of nitrogens with one attached hydrogen (secondary N) is 1. The molecule has 4 rings (SSSR count). The largest absolute Gasteiger partial charge is 0.328 e. The Bertz CT molecular complexity index is 878. The highest BCUT2D eigenvalue weighted by Crippen LogP contribution is 2.28. The van der Waals surface area contributed by atoms with E-state index in [1.807, 2.05) is 47.4 Å². The van der Waals surface area contributed by atoms with Crippen LogP contribution in [0.25, 0.3) is 0 Å². The van der Waals surface area contributed by atoms with Crippen molar-refractivity contribution in [1.29, 1.82) is 0 Å². The minimum atomic E-state index is -0.000765. The fourth-order valence-corrected chi connectivity index (χ4v) is 4.48. The van der Waals surface area contributed by atoms with E-state index in [0.717, 1.165) is 62.0 Å². The van der Waals surface area contributed by atoms with Gasteiger partial charge < -0.3 is 16.0 Å². The first-order chi connectivity index (χ1) is 14.1. The third kappa shape index (κ3) is 4.67. The lowest BCUT2D eigenvalue weighted by Gasteiger charge is -2.29. The summed E-state index contributed by atoms with van der Waals surface area (Å²) in [4.78, 5) is 27.2. The van der Waals surface area contributed by atoms with Gasteiger partial charge in [0.1, 0.15) is 0 Å². The molecule has 5 nitrogen and oxygen atoms in total. The number of nitrogens with zero attached hydrogens (tertiary/aromatic N) is 1. The van der Waals surface area contributed by atoms with Crippen molar-refractivity contribution in [3.63, 3.8) is 0 Å². The zero-order valence-electron chi connectivity index (χ0n) is 16.8. The van der Waals surface area contributed by atoms with Gasteiger partial charge in [-0.1, -0.05) is 36.8 Å². The zero-order chi connectivity index (χ0) is 20.2. The number of anilines is 2. The molecule has 29 heavy (non-hydrogen) atoms. The van der Waals surface area contributed by atoms with E-state index in [0.29, 0.717) is 6.42 Å². The van der Waals surface area contributed by atoms with Gasteiger partial charge in [0.15, 0.2) is 0 Å². The SMILES string of the molecule is NC1CCCC(C(=O)Nc2ccc(CC(=O)N3CCCc4ccccc43)cc2)C1. The molecule has 1 aliphatic carbocycles. The first-order valence-electron chi connectivity index (χ1n) is 10.6. The molecule has 2 aromatic carbocycles. The second-order valence-electron chi connectivity index (χ2n) is 8.26. The van der Waals surface area contributed by atoms with Gasteiger partial charge in [0, 0.05) is 29.9 Å². The van der Waals surface area contributed by atoms with Crippen LogP contribution >= 0.6 is 0 Å². The van der Waals surface area contributed by atoms with Crippen LogP contribution in [-0.4, -0.2) is 24.4 Å². The number of para-hydroxylation sites is 1. The van der Waals surface area contributed by atoms with Crippen LogP contribution < -0.4 is 16.0 Å². The quantitative estimate of drug-likeness (QED) is 0.835. The summed E-state index contributed by atoms with van der Waals surface area (Å²) in [7, 11) is 0. The molecule has 2 aromatic rings. The molecule has 1 heterocycles. The predicted octanol–water partition coefficient (Wildman–Crippen LogP) is 3.66. The van der Waals surface area contributed by atoms with Gasteiger partial charge >= 0.3 is 0 Å². The Balaban J connectivity index is 1.36. The van der Waals surface area contributed by atoms with Crippen LogP contribution in [0.3, 0.4) is 0 Å². The normalized spacial score (nSPS) is 21.3. The average Bonchev–Trinajstić information content (AvgIpc) is 2.74. The summed E-state index contributed by atoms with van der Waals surface area (Å²) in [5.74, 6) is 0.165. The summed E-state index contributed by atoms with van der Waals surface area (Å²) in [5, 5.41) is 3.00. The van der Waals surface area contributed by atoms with Gasteiger partial charge in [0.2, 0.25) is 11.8 Å². The summed E-state index contributed by atoms with van der Waals surface area (Å²) in [6, 6.07) is 15.9. The van der Waals surface area contributed by atoms with E-state index in [-0.39, 0.29) is 23.8 Å². The molecule has 0 aromatic heterocycles. The standard InChI is InChI=1S/C24H29N3O2/c25-20-8-3-6-19(16-20)24(29)26-21-12-10-17(11-13-21)15-23(28)27-14-4-7-18-5-1-2-9-22(18)27/h1-2,5,9-13,19-20H,3-4,6-8,14-16,25H2,(H,26,29). The van der Waals surface area contributed by atoms with Crippen LogP contribution in [0.2, 0.25) is 0 Å². The molecule has 1 fully saturated rings. The maximum atomic E-state index is 12.9. The summed E-state index contributed by atoms with van der Waals surface area (Å²) in [6.45, 7) is 0.771. The predicted molar refractivity (Wildman–Crippen MR) is 116 cm³/mol. The van der Waals surface area contributed by atoms with Crippen molar-refractivity contribution < 1.29 is 9.59 Å². The molecule has 0 spiro atoms. The number of amides is 2. The van der Waals surface area contributed by atoms with Crippen LogP contribution in [0.15, 0.2) is 48.5 Å². The second kappa shape index (κ2) is 8.78. The van der Waals surface area contributed by atoms with Crippen LogP contribution in [0.5, 0.6) is 0 Å². The first kappa shape index (κ1) is 19.6. The Morgan fingerprint density at radius 2 is 1.83 bits per heavy atom. The van der Waals surface area contributed by atoms with Crippen molar-refractivity contribution in [2.75, 3.05) is 16.8 Å². The number of carbonyl (C=O) groups excluding carboxylic acids is 2. The topological polar surface area (TPSA) is 75.4 Å². The van der Waals surface area contributed by atoms with Crippen molar-refractivity contribution >= 4 is 23.2 Å². The lowest BCUT2D eigenvalue weighted by Crippen LogP contribution is -2.36. The van der Waals surface area contributed by atoms with Crippen LogP contribution in [0.4, 0.5) is 11.4 Å². The molecule has 2 aliphatic rings. The number of rotatable bonds is 4. The minimum Gasteiger partial charge on any atom is -0.328 e. The molecule has 152 valence electrons. The maximum Gasteiger partial charge on any atom is 0.231 e. The van der Waals surface area contributed by atoms with Gasteiger partial charge in [-0.2, -0.15) is 0 Å². The number of benzene rings is 2. The molecular formula is C24H29N3O2. The Labute approximate surface area is 172 Å². The molecule has 0 radical (unpaired) electrons. The van der Waals surface area contributed by atoms with Crippen LogP contribution in [-0.2, 0) is 22.4 Å². The number of nitrogens with two attached hydrogens (primary N) is 1. The van der Waals surface area contributed by atoms with E-state index in [1.54, 1.807) is 0 Å². The molecule has 2 unspecified atom stereocenters. The number of hydrogen-bond acceptors (Lipinski definition) is 3. The number of carbonyl (C=O) groups is 2. The highest BCUT2D eigenvalue weighted by Gasteiger charge is 2.25. The second-order valence-corrected chi connectivity index (χ2v) is 8.26. The first-order valence-corrected chi connectivity index (χ1v) is 10.6. The van der Waals surface area contributed by atoms with Crippen molar-refractivity contribution in [2.45, 2.75) is 51.0 Å². The highest BCUT2D eigenvalue weighted by atomic mass is 16.2. The number of aryl methyl sites for hydroxylation is 1. The molecule has 0 bridgehead atoms. The fraction of sp³-hybridized carbons (Fsp3) is 0.417. The molecule has 2 atom stereocenters. The Kier molecular flexibility index (Phi) is 5.95. The summed E-state index contributed by atoms with van der Waals surface area (Å²) >= 11 is 0. The van der Waals surface area contributed by atoms with Crippen LogP contribution in [0.1, 0.15) is 43.2 Å². The summed E-state index contributed by atoms with van der Waals surface area (Å²) in [6.07, 6.45) is 6.08. The summed E-state index contributed by atoms with van der Waals surface area (Å²) < 4.78 is 0. The molecule has 1 aliphatic heterocycles. The lowest BCUT2D eigenvalue weighted by molar-refractivity contribution is -0.121. The highest BCUT2D eigenvalue weighted by molar-refractivity contribution is 5.96. The molecule has 1 saturated carbocycles. The maximum absolute atomic E-state index is 12.9.